The molecule has 0 aliphatic rings. The summed E-state index contributed by atoms with van der Waals surface area (Å²) in [4.78, 5) is 60.7. The highest BCUT2D eigenvalue weighted by molar-refractivity contribution is 5.89. The Labute approximate surface area is 191 Å². The molecule has 0 aliphatic heterocycles. The molecule has 13 nitrogen and oxygen atoms in total. The van der Waals surface area contributed by atoms with Crippen LogP contribution in [0.3, 0.4) is 0 Å². The van der Waals surface area contributed by atoms with Gasteiger partial charge < -0.3 is 41.8 Å². The van der Waals surface area contributed by atoms with E-state index in [1.54, 1.807) is 0 Å². The Morgan fingerprint density at radius 1 is 1.03 bits per heavy atom. The van der Waals surface area contributed by atoms with Gasteiger partial charge in [0.15, 0.2) is 0 Å². The van der Waals surface area contributed by atoms with E-state index in [9.17, 15) is 29.1 Å². The van der Waals surface area contributed by atoms with Crippen molar-refractivity contribution in [1.29, 1.82) is 0 Å². The molecule has 0 rings (SSSR count). The number of rotatable bonds is 18. The van der Waals surface area contributed by atoms with E-state index >= 15 is 0 Å². The molecule has 1 unspecified atom stereocenters. The van der Waals surface area contributed by atoms with Gasteiger partial charge in [-0.3, -0.25) is 9.79 Å². The van der Waals surface area contributed by atoms with E-state index in [0.717, 1.165) is 6.29 Å². The molecule has 0 fully saturated rings. The summed E-state index contributed by atoms with van der Waals surface area (Å²) in [5.41, 5.74) is 4.43. The van der Waals surface area contributed by atoms with E-state index < -0.39 is 47.9 Å². The maximum absolute atomic E-state index is 12.0. The van der Waals surface area contributed by atoms with E-state index in [0.29, 0.717) is 25.9 Å². The second-order valence-corrected chi connectivity index (χ2v) is 7.22. The molecule has 0 bridgehead atoms. The number of aliphatic carboxylic acids is 3. The molecule has 13 heteroatoms. The van der Waals surface area contributed by atoms with Crippen LogP contribution in [0.15, 0.2) is 17.3 Å². The van der Waals surface area contributed by atoms with Gasteiger partial charge in [-0.15, -0.1) is 0 Å². The minimum absolute atomic E-state index is 0.0795. The van der Waals surface area contributed by atoms with Crippen molar-refractivity contribution in [3.05, 3.63) is 12.3 Å². The highest BCUT2D eigenvalue weighted by Gasteiger charge is 2.25. The van der Waals surface area contributed by atoms with Crippen molar-refractivity contribution in [3.63, 3.8) is 0 Å². The number of nitrogens with zero attached hydrogens (tertiary/aromatic N) is 1. The van der Waals surface area contributed by atoms with Crippen molar-refractivity contribution in [2.24, 2.45) is 16.1 Å². The van der Waals surface area contributed by atoms with Gasteiger partial charge in [0, 0.05) is 25.7 Å². The van der Waals surface area contributed by atoms with Crippen molar-refractivity contribution in [1.82, 2.24) is 16.0 Å². The lowest BCUT2D eigenvalue weighted by Gasteiger charge is -2.20. The first kappa shape index (κ1) is 29.5. The number of nitrogens with two attached hydrogens (primary N) is 1. The highest BCUT2D eigenvalue weighted by Crippen LogP contribution is 2.12. The van der Waals surface area contributed by atoms with E-state index in [-0.39, 0.29) is 19.4 Å². The Morgan fingerprint density at radius 2 is 1.64 bits per heavy atom. The van der Waals surface area contributed by atoms with Crippen LogP contribution in [0.1, 0.15) is 39.0 Å². The number of hydrogen-bond acceptors (Lipinski definition) is 8. The van der Waals surface area contributed by atoms with E-state index in [2.05, 4.69) is 20.9 Å². The molecule has 0 heterocycles. The fraction of sp³-hybridized carbons (Fsp3) is 0.600. The third-order valence-electron chi connectivity index (χ3n) is 4.52. The quantitative estimate of drug-likeness (QED) is 0.0776. The van der Waals surface area contributed by atoms with Crippen LogP contribution < -0.4 is 21.7 Å². The minimum atomic E-state index is -1.46. The molecule has 0 aromatic heterocycles. The number of aldehydes is 1. The van der Waals surface area contributed by atoms with Gasteiger partial charge in [-0.25, -0.2) is 14.4 Å². The Bertz CT molecular complexity index is 727. The van der Waals surface area contributed by atoms with Crippen LogP contribution in [-0.4, -0.2) is 83.5 Å². The summed E-state index contributed by atoms with van der Waals surface area (Å²) in [7, 11) is 0. The number of hydrogen-bond donors (Lipinski definition) is 7. The van der Waals surface area contributed by atoms with Crippen LogP contribution in [0, 0.1) is 5.41 Å². The molecule has 0 saturated carbocycles. The molecule has 33 heavy (non-hydrogen) atoms. The summed E-state index contributed by atoms with van der Waals surface area (Å²) in [6, 6.07) is -3.74. The van der Waals surface area contributed by atoms with Gasteiger partial charge in [-0.05, 0) is 51.4 Å². The molecule has 0 radical (unpaired) electrons. The summed E-state index contributed by atoms with van der Waals surface area (Å²) in [5.74, 6) is -3.94. The number of carbonyl (C=O) groups is 5. The van der Waals surface area contributed by atoms with Crippen LogP contribution in [0.5, 0.6) is 0 Å². The van der Waals surface area contributed by atoms with Crippen LogP contribution in [0.2, 0.25) is 0 Å². The number of urea groups is 1. The lowest BCUT2D eigenvalue weighted by Crippen LogP contribution is -2.51. The normalized spacial score (nSPS) is 14.9. The predicted octanol–water partition coefficient (Wildman–Crippen LogP) is -0.435. The summed E-state index contributed by atoms with van der Waals surface area (Å²) in [6.45, 7) is 3.06. The van der Waals surface area contributed by atoms with Crippen molar-refractivity contribution >= 4 is 36.4 Å². The first-order chi connectivity index (χ1) is 15.6. The van der Waals surface area contributed by atoms with Crippen LogP contribution in [-0.2, 0) is 19.2 Å². The van der Waals surface area contributed by atoms with Crippen LogP contribution >= 0.6 is 0 Å². The lowest BCUT2D eigenvalue weighted by atomic mass is 9.91. The number of carboxylic acid groups (broad SMARTS) is 3. The molecule has 0 aliphatic carbocycles. The second-order valence-electron chi connectivity index (χ2n) is 7.22. The topological polar surface area (TPSA) is 221 Å². The first-order valence-corrected chi connectivity index (χ1v) is 10.4. The zero-order valence-corrected chi connectivity index (χ0v) is 18.5. The number of nitrogens with one attached hydrogen (secondary N) is 3. The van der Waals surface area contributed by atoms with Gasteiger partial charge in [-0.2, -0.15) is 0 Å². The summed E-state index contributed by atoms with van der Waals surface area (Å²) >= 11 is 0. The standard InChI is InChI=1S/C20H33N5O8/c1-2-22-11-20(13-26,8-9-21)12-23-10-4-3-5-14(17(29)30)24-19(33)25-15(18(31)32)6-7-16(27)28/h8-9,11,13-15,23H,2-7,10,12,21H2,1H3,(H,27,28)(H,29,30)(H,31,32)(H2,24,25,33)/b9-8-,22-11?/t14-,15-,20?/m0/s1. The van der Waals surface area contributed by atoms with Crippen molar-refractivity contribution in [3.8, 4) is 0 Å². The average molecular weight is 472 g/mol. The van der Waals surface area contributed by atoms with Gasteiger partial charge in [0.1, 0.15) is 18.4 Å². The second kappa shape index (κ2) is 16.2. The predicted molar refractivity (Wildman–Crippen MR) is 119 cm³/mol. The lowest BCUT2D eigenvalue weighted by molar-refractivity contribution is -0.140. The third kappa shape index (κ3) is 12.8. The van der Waals surface area contributed by atoms with Gasteiger partial charge in [0.25, 0.3) is 0 Å². The number of amides is 2. The van der Waals surface area contributed by atoms with E-state index in [4.69, 9.17) is 15.9 Å². The van der Waals surface area contributed by atoms with E-state index in [1.165, 1.54) is 18.5 Å². The fourth-order valence-corrected chi connectivity index (χ4v) is 2.74. The summed E-state index contributed by atoms with van der Waals surface area (Å²) in [6.07, 6.45) is 5.25. The van der Waals surface area contributed by atoms with E-state index in [1.807, 2.05) is 6.92 Å². The Hall–Kier alpha value is -3.48. The average Bonchev–Trinajstić information content (AvgIpc) is 2.75. The maximum Gasteiger partial charge on any atom is 0.326 e. The van der Waals surface area contributed by atoms with Crippen LogP contribution in [0.25, 0.3) is 0 Å². The molecule has 0 aromatic carbocycles. The van der Waals surface area contributed by atoms with Crippen molar-refractivity contribution < 1.29 is 39.3 Å². The molecule has 2 amide bonds. The smallest absolute Gasteiger partial charge is 0.326 e. The van der Waals surface area contributed by atoms with Gasteiger partial charge in [0.05, 0.1) is 5.41 Å². The Balaban J connectivity index is 4.58. The number of carboxylic acids is 3. The number of carbonyl (C=O) groups excluding carboxylic acids is 2. The van der Waals surface area contributed by atoms with Gasteiger partial charge in [0.2, 0.25) is 0 Å². The number of aliphatic imine (C=N–C) groups is 1. The Morgan fingerprint density at radius 3 is 2.12 bits per heavy atom. The first-order valence-electron chi connectivity index (χ1n) is 10.4. The van der Waals surface area contributed by atoms with Crippen molar-refractivity contribution in [2.45, 2.75) is 51.1 Å². The molecule has 0 saturated heterocycles. The summed E-state index contributed by atoms with van der Waals surface area (Å²) < 4.78 is 0. The monoisotopic (exact) mass is 471 g/mol. The summed E-state index contributed by atoms with van der Waals surface area (Å²) in [5, 5.41) is 34.3. The van der Waals surface area contributed by atoms with Gasteiger partial charge >= 0.3 is 23.9 Å². The number of unbranched alkanes of at least 4 members (excludes halogenated alkanes) is 1. The molecule has 3 atom stereocenters. The largest absolute Gasteiger partial charge is 0.481 e. The maximum atomic E-state index is 12.0. The SMILES string of the molecule is CCN=CC(C=O)(/C=C\N)CNCCCC[C@H](NC(=O)N[C@@H](CCC(=O)O)C(=O)O)C(=O)O. The minimum Gasteiger partial charge on any atom is -0.481 e. The molecule has 0 aromatic rings. The third-order valence-corrected chi connectivity index (χ3v) is 4.52. The highest BCUT2D eigenvalue weighted by atomic mass is 16.4. The van der Waals surface area contributed by atoms with Crippen molar-refractivity contribution in [2.75, 3.05) is 19.6 Å². The fourth-order valence-electron chi connectivity index (χ4n) is 2.74. The molecule has 8 N–H and O–H groups in total. The molecular formula is C20H33N5O8. The molecular weight excluding hydrogens is 438 g/mol. The Kier molecular flexibility index (Phi) is 14.5. The zero-order chi connectivity index (χ0) is 25.3. The molecule has 186 valence electrons. The van der Waals surface area contributed by atoms with Crippen LogP contribution in [0.4, 0.5) is 4.79 Å². The molecule has 0 spiro atoms. The van der Waals surface area contributed by atoms with Gasteiger partial charge in [-0.1, -0.05) is 0 Å². The zero-order valence-electron chi connectivity index (χ0n) is 18.5.